The second-order valence-electron chi connectivity index (χ2n) is 10.2. The Labute approximate surface area is 223 Å². The molecule has 0 bridgehead atoms. The van der Waals surface area contributed by atoms with Gasteiger partial charge in [-0.2, -0.15) is 0 Å². The minimum atomic E-state index is -3.77. The highest BCUT2D eigenvalue weighted by Crippen LogP contribution is 2.42. The first-order chi connectivity index (χ1) is 17.9. The van der Waals surface area contributed by atoms with Crippen LogP contribution in [0.5, 0.6) is 0 Å². The molecule has 9 nitrogen and oxygen atoms in total. The van der Waals surface area contributed by atoms with Gasteiger partial charge in [0.15, 0.2) is 11.5 Å². The second kappa shape index (κ2) is 18.7. The molecule has 1 unspecified atom stereocenters. The molecular formula is C27H50N5O4P. The summed E-state index contributed by atoms with van der Waals surface area (Å²) in [5.74, 6) is 0.319. The summed E-state index contributed by atoms with van der Waals surface area (Å²) in [5, 5.41) is 0. The van der Waals surface area contributed by atoms with Gasteiger partial charge in [0.1, 0.15) is 18.2 Å². The van der Waals surface area contributed by atoms with E-state index in [4.69, 9.17) is 15.0 Å². The maximum absolute atomic E-state index is 12.3. The molecule has 2 rings (SSSR count). The number of rotatable bonds is 23. The molecule has 0 radical (unpaired) electrons. The van der Waals surface area contributed by atoms with Crippen LogP contribution in [0.1, 0.15) is 117 Å². The fourth-order valence-electron chi connectivity index (χ4n) is 4.48. The molecule has 0 saturated carbocycles. The number of nitrogens with two attached hydrogens (primary N) is 1. The van der Waals surface area contributed by atoms with Gasteiger partial charge < -0.3 is 24.5 Å². The van der Waals surface area contributed by atoms with Crippen molar-refractivity contribution < 1.29 is 18.7 Å². The van der Waals surface area contributed by atoms with E-state index in [2.05, 4.69) is 21.9 Å². The van der Waals surface area contributed by atoms with Crippen LogP contribution in [0.25, 0.3) is 11.2 Å². The number of anilines is 1. The molecule has 10 heteroatoms. The lowest BCUT2D eigenvalue weighted by atomic mass is 10.0. The van der Waals surface area contributed by atoms with Crippen molar-refractivity contribution in [3.63, 3.8) is 0 Å². The molecule has 0 saturated heterocycles. The van der Waals surface area contributed by atoms with E-state index in [1.807, 2.05) is 6.92 Å². The molecule has 0 fully saturated rings. The molecular weight excluding hydrogens is 489 g/mol. The second-order valence-corrected chi connectivity index (χ2v) is 12.0. The zero-order valence-corrected chi connectivity index (χ0v) is 24.0. The van der Waals surface area contributed by atoms with E-state index in [1.54, 1.807) is 10.9 Å². The smallest absolute Gasteiger partial charge is 0.353 e. The van der Waals surface area contributed by atoms with Crippen LogP contribution in [-0.4, -0.2) is 43.5 Å². The lowest BCUT2D eigenvalue weighted by Crippen LogP contribution is -2.17. The number of hydrogen-bond donors (Lipinski definition) is 2. The molecule has 0 aliphatic carbocycles. The zero-order chi connectivity index (χ0) is 26.8. The Balaban J connectivity index is 1.41. The van der Waals surface area contributed by atoms with Gasteiger partial charge in [-0.3, -0.25) is 4.57 Å². The van der Waals surface area contributed by atoms with E-state index in [0.717, 1.165) is 19.3 Å². The maximum atomic E-state index is 12.3. The van der Waals surface area contributed by atoms with Gasteiger partial charge in [0.2, 0.25) is 0 Å². The maximum Gasteiger partial charge on any atom is 0.353 e. The summed E-state index contributed by atoms with van der Waals surface area (Å²) in [4.78, 5) is 22.4. The molecule has 0 spiro atoms. The Morgan fingerprint density at radius 2 is 1.43 bits per heavy atom. The summed E-state index contributed by atoms with van der Waals surface area (Å²) in [7, 11) is -3.77. The summed E-state index contributed by atoms with van der Waals surface area (Å²) in [5.41, 5.74) is 6.95. The van der Waals surface area contributed by atoms with Gasteiger partial charge in [0, 0.05) is 0 Å². The van der Waals surface area contributed by atoms with Crippen LogP contribution in [0.2, 0.25) is 0 Å². The van der Waals surface area contributed by atoms with Crippen molar-refractivity contribution >= 4 is 24.6 Å². The fourth-order valence-corrected chi connectivity index (χ4v) is 5.41. The van der Waals surface area contributed by atoms with Crippen molar-refractivity contribution in [2.24, 2.45) is 0 Å². The Kier molecular flexibility index (Phi) is 16.0. The number of imidazole rings is 1. The first kappa shape index (κ1) is 31.7. The highest BCUT2D eigenvalue weighted by molar-refractivity contribution is 7.52. The van der Waals surface area contributed by atoms with E-state index < -0.39 is 7.60 Å². The van der Waals surface area contributed by atoms with E-state index in [1.165, 1.54) is 89.8 Å². The van der Waals surface area contributed by atoms with Gasteiger partial charge in [-0.25, -0.2) is 15.0 Å². The third-order valence-corrected chi connectivity index (χ3v) is 7.76. The minimum Gasteiger partial charge on any atom is -0.382 e. The van der Waals surface area contributed by atoms with E-state index in [-0.39, 0.29) is 19.1 Å². The van der Waals surface area contributed by atoms with Gasteiger partial charge in [-0.15, -0.1) is 0 Å². The average Bonchev–Trinajstić information content (AvgIpc) is 3.28. The number of ether oxygens (including phenoxy) is 1. The van der Waals surface area contributed by atoms with Crippen LogP contribution in [0.3, 0.4) is 0 Å². The Morgan fingerprint density at radius 1 is 0.892 bits per heavy atom. The highest BCUT2D eigenvalue weighted by Gasteiger charge is 2.21. The molecule has 37 heavy (non-hydrogen) atoms. The molecule has 3 N–H and O–H groups in total. The van der Waals surface area contributed by atoms with Gasteiger partial charge in [0.25, 0.3) is 0 Å². The van der Waals surface area contributed by atoms with Crippen molar-refractivity contribution in [2.75, 3.05) is 18.7 Å². The van der Waals surface area contributed by atoms with Crippen LogP contribution in [-0.2, 0) is 20.4 Å². The summed E-state index contributed by atoms with van der Waals surface area (Å²) < 4.78 is 24.9. The fraction of sp³-hybridized carbons (Fsp3) is 0.815. The third kappa shape index (κ3) is 13.7. The molecule has 2 heterocycles. The summed E-state index contributed by atoms with van der Waals surface area (Å²) in [6.07, 6.45) is 23.0. The standard InChI is InChI=1S/C27H50N5O4P/c1-3-4-5-6-7-8-9-10-11-12-13-14-15-16-17-18-19-36-37(33,34)23-35-24(2)20-32-22-31-25-26(28)29-21-30-27(25)32/h21-22,24H,3-20,23H2,1-2H3,(H,33,34)(H2,28,29,30)/t24-/m1/s1. The predicted molar refractivity (Wildman–Crippen MR) is 150 cm³/mol. The van der Waals surface area contributed by atoms with Gasteiger partial charge in [0.05, 0.1) is 25.6 Å². The quantitative estimate of drug-likeness (QED) is 0.112. The van der Waals surface area contributed by atoms with Crippen LogP contribution >= 0.6 is 7.60 Å². The van der Waals surface area contributed by atoms with Crippen LogP contribution < -0.4 is 5.73 Å². The van der Waals surface area contributed by atoms with E-state index in [0.29, 0.717) is 23.5 Å². The van der Waals surface area contributed by atoms with Crippen molar-refractivity contribution in [1.82, 2.24) is 19.5 Å². The topological polar surface area (TPSA) is 125 Å². The highest BCUT2D eigenvalue weighted by atomic mass is 31.2. The SMILES string of the molecule is CCCCCCCCCCCCCCCCCCOP(=O)(O)CO[C@H](C)Cn1cnc2c(N)ncnc21. The van der Waals surface area contributed by atoms with Crippen molar-refractivity contribution in [2.45, 2.75) is 129 Å². The van der Waals surface area contributed by atoms with Crippen LogP contribution in [0, 0.1) is 0 Å². The molecule has 0 amide bonds. The molecule has 2 aromatic rings. The van der Waals surface area contributed by atoms with Gasteiger partial charge >= 0.3 is 7.60 Å². The number of hydrogen-bond acceptors (Lipinski definition) is 7. The molecule has 0 aliphatic heterocycles. The Morgan fingerprint density at radius 3 is 2.00 bits per heavy atom. The molecule has 0 aliphatic rings. The monoisotopic (exact) mass is 539 g/mol. The number of aromatic nitrogens is 4. The Bertz CT molecular complexity index is 910. The largest absolute Gasteiger partial charge is 0.382 e. The molecule has 0 aromatic carbocycles. The van der Waals surface area contributed by atoms with E-state index >= 15 is 0 Å². The van der Waals surface area contributed by atoms with E-state index in [9.17, 15) is 9.46 Å². The Hall–Kier alpha value is -1.54. The lowest BCUT2D eigenvalue weighted by molar-refractivity contribution is 0.0715. The zero-order valence-electron chi connectivity index (χ0n) is 23.2. The first-order valence-electron chi connectivity index (χ1n) is 14.4. The summed E-state index contributed by atoms with van der Waals surface area (Å²) in [6.45, 7) is 4.80. The van der Waals surface area contributed by atoms with Crippen LogP contribution in [0.15, 0.2) is 12.7 Å². The van der Waals surface area contributed by atoms with Crippen molar-refractivity contribution in [1.29, 1.82) is 0 Å². The molecule has 2 aromatic heterocycles. The third-order valence-electron chi connectivity index (χ3n) is 6.70. The summed E-state index contributed by atoms with van der Waals surface area (Å²) >= 11 is 0. The number of unbranched alkanes of at least 4 members (excludes halogenated alkanes) is 15. The van der Waals surface area contributed by atoms with Crippen LogP contribution in [0.4, 0.5) is 5.82 Å². The molecule has 212 valence electrons. The predicted octanol–water partition coefficient (Wildman–Crippen LogP) is 7.23. The number of nitrogen functional groups attached to an aromatic ring is 1. The minimum absolute atomic E-state index is 0.284. The lowest BCUT2D eigenvalue weighted by Gasteiger charge is -2.17. The number of fused-ring (bicyclic) bond motifs is 1. The first-order valence-corrected chi connectivity index (χ1v) is 16.2. The van der Waals surface area contributed by atoms with Gasteiger partial charge in [-0.1, -0.05) is 103 Å². The summed E-state index contributed by atoms with van der Waals surface area (Å²) in [6, 6.07) is 0. The van der Waals surface area contributed by atoms with Gasteiger partial charge in [-0.05, 0) is 13.3 Å². The van der Waals surface area contributed by atoms with Crippen molar-refractivity contribution in [3.8, 4) is 0 Å². The number of nitrogens with zero attached hydrogens (tertiary/aromatic N) is 4. The average molecular weight is 540 g/mol. The normalized spacial score (nSPS) is 14.2. The van der Waals surface area contributed by atoms with Crippen molar-refractivity contribution in [3.05, 3.63) is 12.7 Å². The molecule has 2 atom stereocenters.